The van der Waals surface area contributed by atoms with Crippen molar-refractivity contribution in [2.75, 3.05) is 13.2 Å². The van der Waals surface area contributed by atoms with Gasteiger partial charge >= 0.3 is 0 Å². The molecule has 1 rings (SSSR count). The first kappa shape index (κ1) is 14.5. The molecule has 0 spiro atoms. The van der Waals surface area contributed by atoms with Crippen molar-refractivity contribution in [3.8, 4) is 0 Å². The zero-order valence-corrected chi connectivity index (χ0v) is 11.7. The summed E-state index contributed by atoms with van der Waals surface area (Å²) in [6.07, 6.45) is 1.72. The fourth-order valence-corrected chi connectivity index (χ4v) is 1.67. The van der Waals surface area contributed by atoms with Crippen LogP contribution in [0.15, 0.2) is 0 Å². The molecule has 4 heteroatoms. The van der Waals surface area contributed by atoms with E-state index >= 15 is 0 Å². The molecule has 0 aliphatic carbocycles. The first-order valence-electron chi connectivity index (χ1n) is 6.28. The van der Waals surface area contributed by atoms with E-state index in [4.69, 9.17) is 10.5 Å². The molecule has 0 aromatic rings. The highest BCUT2D eigenvalue weighted by atomic mass is 16.5. The topological polar surface area (TPSA) is 64.4 Å². The van der Waals surface area contributed by atoms with Crippen molar-refractivity contribution in [2.24, 2.45) is 11.1 Å². The zero-order chi connectivity index (χ0) is 13.3. The number of carbonyl (C=O) groups is 1. The Balaban J connectivity index is 2.71. The smallest absolute Gasteiger partial charge is 0.227 e. The van der Waals surface area contributed by atoms with Gasteiger partial charge in [-0.1, -0.05) is 0 Å². The Morgan fingerprint density at radius 2 is 1.71 bits per heavy atom. The van der Waals surface area contributed by atoms with Crippen LogP contribution < -0.4 is 11.1 Å². The summed E-state index contributed by atoms with van der Waals surface area (Å²) in [6, 6.07) is 0. The second-order valence-electron chi connectivity index (χ2n) is 6.47. The van der Waals surface area contributed by atoms with Crippen LogP contribution in [0, 0.1) is 5.41 Å². The van der Waals surface area contributed by atoms with Crippen LogP contribution in [0.2, 0.25) is 0 Å². The second kappa shape index (κ2) is 4.58. The van der Waals surface area contributed by atoms with Crippen LogP contribution >= 0.6 is 0 Å². The number of amides is 1. The summed E-state index contributed by atoms with van der Waals surface area (Å²) in [5.41, 5.74) is 4.79. The van der Waals surface area contributed by atoms with Gasteiger partial charge in [0.15, 0.2) is 0 Å². The molecule has 0 radical (unpaired) electrons. The lowest BCUT2D eigenvalue weighted by atomic mass is 9.73. The largest absolute Gasteiger partial charge is 0.381 e. The molecule has 3 N–H and O–H groups in total. The summed E-state index contributed by atoms with van der Waals surface area (Å²) in [4.78, 5) is 12.4. The average Bonchev–Trinajstić information content (AvgIpc) is 2.16. The number of rotatable bonds is 3. The van der Waals surface area contributed by atoms with Gasteiger partial charge in [-0.05, 0) is 47.5 Å². The Hall–Kier alpha value is -0.610. The van der Waals surface area contributed by atoms with Gasteiger partial charge < -0.3 is 15.8 Å². The molecule has 17 heavy (non-hydrogen) atoms. The quantitative estimate of drug-likeness (QED) is 0.787. The van der Waals surface area contributed by atoms with Crippen molar-refractivity contribution >= 4 is 5.91 Å². The first-order valence-corrected chi connectivity index (χ1v) is 6.28. The number of hydrogen-bond acceptors (Lipinski definition) is 3. The highest BCUT2D eigenvalue weighted by Gasteiger charge is 2.43. The Morgan fingerprint density at radius 1 is 1.24 bits per heavy atom. The van der Waals surface area contributed by atoms with E-state index in [0.717, 1.165) is 12.8 Å². The van der Waals surface area contributed by atoms with Crippen LogP contribution in [-0.2, 0) is 9.53 Å². The molecular weight excluding hydrogens is 216 g/mol. The lowest BCUT2D eigenvalue weighted by Crippen LogP contribution is -2.60. The monoisotopic (exact) mass is 242 g/mol. The molecule has 0 unspecified atom stereocenters. The van der Waals surface area contributed by atoms with E-state index in [0.29, 0.717) is 13.2 Å². The molecular formula is C13H26N2O2. The van der Waals surface area contributed by atoms with E-state index < -0.39 is 11.0 Å². The summed E-state index contributed by atoms with van der Waals surface area (Å²) in [6.45, 7) is 11.1. The lowest BCUT2D eigenvalue weighted by molar-refractivity contribution is -0.135. The van der Waals surface area contributed by atoms with Gasteiger partial charge in [0.1, 0.15) is 0 Å². The minimum Gasteiger partial charge on any atom is -0.381 e. The normalized spacial score (nSPS) is 21.1. The average molecular weight is 242 g/mol. The summed E-state index contributed by atoms with van der Waals surface area (Å²) < 4.78 is 5.32. The van der Waals surface area contributed by atoms with Gasteiger partial charge in [-0.2, -0.15) is 0 Å². The zero-order valence-electron chi connectivity index (χ0n) is 11.7. The first-order chi connectivity index (χ1) is 7.58. The Labute approximate surface area is 104 Å². The summed E-state index contributed by atoms with van der Waals surface area (Å²) >= 11 is 0. The molecule has 1 heterocycles. The van der Waals surface area contributed by atoms with Gasteiger partial charge in [-0.3, -0.25) is 4.79 Å². The summed E-state index contributed by atoms with van der Waals surface area (Å²) in [5, 5.41) is 3.14. The van der Waals surface area contributed by atoms with Gasteiger partial charge in [0.25, 0.3) is 0 Å². The van der Waals surface area contributed by atoms with Gasteiger partial charge in [0.05, 0.1) is 5.41 Å². The molecule has 1 aliphatic heterocycles. The highest BCUT2D eigenvalue weighted by Crippen LogP contribution is 2.30. The lowest BCUT2D eigenvalue weighted by Gasteiger charge is -2.42. The minimum atomic E-state index is -0.589. The fraction of sp³-hybridized carbons (Fsp3) is 0.923. The van der Waals surface area contributed by atoms with Crippen molar-refractivity contribution < 1.29 is 9.53 Å². The van der Waals surface area contributed by atoms with E-state index in [1.165, 1.54) is 0 Å². The standard InChI is InChI=1S/C13H26N2O2/c1-11(2,12(3,4)14)10(16)15-13(5)6-8-17-9-7-13/h6-9,14H2,1-5H3,(H,15,16). The fourth-order valence-electron chi connectivity index (χ4n) is 1.67. The van der Waals surface area contributed by atoms with Crippen LogP contribution in [0.1, 0.15) is 47.5 Å². The van der Waals surface area contributed by atoms with Gasteiger partial charge in [0, 0.05) is 24.3 Å². The van der Waals surface area contributed by atoms with Crippen molar-refractivity contribution in [2.45, 2.75) is 58.5 Å². The summed E-state index contributed by atoms with van der Waals surface area (Å²) in [7, 11) is 0. The van der Waals surface area contributed by atoms with E-state index in [9.17, 15) is 4.79 Å². The molecule has 0 bridgehead atoms. The van der Waals surface area contributed by atoms with Crippen molar-refractivity contribution in [3.05, 3.63) is 0 Å². The molecule has 0 aromatic carbocycles. The van der Waals surface area contributed by atoms with Crippen LogP contribution in [0.5, 0.6) is 0 Å². The second-order valence-corrected chi connectivity index (χ2v) is 6.47. The van der Waals surface area contributed by atoms with E-state index in [2.05, 4.69) is 12.2 Å². The van der Waals surface area contributed by atoms with E-state index in [-0.39, 0.29) is 11.4 Å². The predicted octanol–water partition coefficient (Wildman–Crippen LogP) is 1.44. The van der Waals surface area contributed by atoms with Crippen molar-refractivity contribution in [1.82, 2.24) is 5.32 Å². The summed E-state index contributed by atoms with van der Waals surface area (Å²) in [5.74, 6) is 0.0226. The number of carbonyl (C=O) groups excluding carboxylic acids is 1. The Bertz CT molecular complexity index is 286. The Kier molecular flexibility index (Phi) is 3.89. The maximum absolute atomic E-state index is 12.4. The minimum absolute atomic E-state index is 0.0226. The van der Waals surface area contributed by atoms with Crippen LogP contribution in [0.4, 0.5) is 0 Å². The van der Waals surface area contributed by atoms with Crippen LogP contribution in [0.3, 0.4) is 0 Å². The molecule has 1 aliphatic rings. The van der Waals surface area contributed by atoms with Gasteiger partial charge in [-0.15, -0.1) is 0 Å². The molecule has 4 nitrogen and oxygen atoms in total. The third-order valence-electron chi connectivity index (χ3n) is 4.19. The van der Waals surface area contributed by atoms with E-state index in [1.807, 2.05) is 27.7 Å². The predicted molar refractivity (Wildman–Crippen MR) is 68.6 cm³/mol. The maximum atomic E-state index is 12.4. The van der Waals surface area contributed by atoms with Crippen molar-refractivity contribution in [3.63, 3.8) is 0 Å². The Morgan fingerprint density at radius 3 is 2.12 bits per heavy atom. The molecule has 0 aromatic heterocycles. The van der Waals surface area contributed by atoms with E-state index in [1.54, 1.807) is 0 Å². The number of nitrogens with one attached hydrogen (secondary N) is 1. The molecule has 0 atom stereocenters. The molecule has 0 saturated carbocycles. The number of ether oxygens (including phenoxy) is 1. The van der Waals surface area contributed by atoms with Gasteiger partial charge in [0.2, 0.25) is 5.91 Å². The molecule has 1 amide bonds. The van der Waals surface area contributed by atoms with Crippen LogP contribution in [0.25, 0.3) is 0 Å². The third-order valence-corrected chi connectivity index (χ3v) is 4.19. The highest BCUT2D eigenvalue weighted by molar-refractivity contribution is 5.84. The molecule has 1 fully saturated rings. The molecule has 1 saturated heterocycles. The SMILES string of the molecule is CC1(NC(=O)C(C)(C)C(C)(C)N)CCOCC1. The van der Waals surface area contributed by atoms with Crippen molar-refractivity contribution in [1.29, 1.82) is 0 Å². The maximum Gasteiger partial charge on any atom is 0.227 e. The third kappa shape index (κ3) is 3.19. The number of hydrogen-bond donors (Lipinski definition) is 2. The van der Waals surface area contributed by atoms with Gasteiger partial charge in [-0.25, -0.2) is 0 Å². The van der Waals surface area contributed by atoms with Crippen LogP contribution in [-0.4, -0.2) is 30.2 Å². The number of nitrogens with two attached hydrogens (primary N) is 1. The molecule has 100 valence electrons.